The molecular weight excluding hydrogens is 436 g/mol. The van der Waals surface area contributed by atoms with E-state index in [9.17, 15) is 4.79 Å². The number of morpholine rings is 1. The van der Waals surface area contributed by atoms with Gasteiger partial charge in [-0.2, -0.15) is 0 Å². The lowest BCUT2D eigenvalue weighted by molar-refractivity contribution is 0.0945. The minimum Gasteiger partial charge on any atom is -0.378 e. The second-order valence-electron chi connectivity index (χ2n) is 6.72. The highest BCUT2D eigenvalue weighted by Crippen LogP contribution is 2.18. The number of benzene rings is 1. The Hall–Kier alpha value is -2.78. The third-order valence-electron chi connectivity index (χ3n) is 4.76. The summed E-state index contributed by atoms with van der Waals surface area (Å²) in [6.07, 6.45) is 1.76. The van der Waals surface area contributed by atoms with Crippen molar-refractivity contribution in [3.63, 3.8) is 0 Å². The Morgan fingerprint density at radius 2 is 2.07 bits per heavy atom. The number of hydrogen-bond acceptors (Lipinski definition) is 6. The van der Waals surface area contributed by atoms with Crippen molar-refractivity contribution < 1.29 is 9.53 Å². The minimum absolute atomic E-state index is 0.256. The maximum absolute atomic E-state index is 12.7. The van der Waals surface area contributed by atoms with E-state index in [1.165, 1.54) is 0 Å². The van der Waals surface area contributed by atoms with Crippen LogP contribution >= 0.6 is 15.9 Å². The number of amides is 1. The number of halogens is 1. The molecular formula is C20H21BrN6O2. The molecule has 1 fully saturated rings. The number of nitrogens with one attached hydrogen (secondary N) is 1. The molecule has 3 heterocycles. The van der Waals surface area contributed by atoms with Gasteiger partial charge < -0.3 is 15.0 Å². The molecule has 9 heteroatoms. The smallest absolute Gasteiger partial charge is 0.274 e. The summed E-state index contributed by atoms with van der Waals surface area (Å²) < 4.78 is 7.98. The number of rotatable bonds is 5. The fourth-order valence-electron chi connectivity index (χ4n) is 3.19. The van der Waals surface area contributed by atoms with E-state index in [2.05, 4.69) is 41.4 Å². The molecule has 1 aliphatic heterocycles. The first-order chi connectivity index (χ1) is 14.1. The Kier molecular flexibility index (Phi) is 5.86. The third kappa shape index (κ3) is 4.46. The van der Waals surface area contributed by atoms with Gasteiger partial charge >= 0.3 is 0 Å². The van der Waals surface area contributed by atoms with Crippen LogP contribution in [0, 0.1) is 6.92 Å². The van der Waals surface area contributed by atoms with Crippen LogP contribution < -0.4 is 10.2 Å². The number of nitrogens with zero attached hydrogens (tertiary/aromatic N) is 5. The van der Waals surface area contributed by atoms with Crippen LogP contribution in [-0.4, -0.2) is 52.2 Å². The Labute approximate surface area is 177 Å². The summed E-state index contributed by atoms with van der Waals surface area (Å²) >= 11 is 3.45. The van der Waals surface area contributed by atoms with Gasteiger partial charge in [-0.05, 0) is 42.8 Å². The van der Waals surface area contributed by atoms with E-state index >= 15 is 0 Å². The number of pyridine rings is 1. The quantitative estimate of drug-likeness (QED) is 0.634. The van der Waals surface area contributed by atoms with Gasteiger partial charge in [0.15, 0.2) is 5.69 Å². The SMILES string of the molecule is Cc1c(C(=O)NCc2ccnc(N3CCOCC3)c2)nnn1-c1cccc(Br)c1. The number of aromatic nitrogens is 4. The van der Waals surface area contributed by atoms with Crippen molar-refractivity contribution in [3.8, 4) is 5.69 Å². The molecule has 1 saturated heterocycles. The normalized spacial score (nSPS) is 14.1. The van der Waals surface area contributed by atoms with Crippen LogP contribution in [0.1, 0.15) is 21.7 Å². The van der Waals surface area contributed by atoms with Gasteiger partial charge in [0.1, 0.15) is 5.82 Å². The van der Waals surface area contributed by atoms with Gasteiger partial charge in [-0.25, -0.2) is 9.67 Å². The molecule has 2 aromatic heterocycles. The van der Waals surface area contributed by atoms with Crippen LogP contribution in [0.5, 0.6) is 0 Å². The lowest BCUT2D eigenvalue weighted by Crippen LogP contribution is -2.36. The molecule has 0 unspecified atom stereocenters. The molecule has 0 saturated carbocycles. The zero-order valence-electron chi connectivity index (χ0n) is 16.0. The van der Waals surface area contributed by atoms with E-state index in [0.29, 0.717) is 31.1 Å². The number of ether oxygens (including phenoxy) is 1. The summed E-state index contributed by atoms with van der Waals surface area (Å²) in [6.45, 7) is 5.27. The molecule has 3 aromatic rings. The molecule has 4 rings (SSSR count). The molecule has 1 amide bonds. The third-order valence-corrected chi connectivity index (χ3v) is 5.25. The van der Waals surface area contributed by atoms with Gasteiger partial charge in [0.25, 0.3) is 5.91 Å². The first kappa shape index (κ1) is 19.5. The van der Waals surface area contributed by atoms with Crippen molar-refractivity contribution in [2.45, 2.75) is 13.5 Å². The predicted octanol–water partition coefficient (Wildman–Crippen LogP) is 2.50. The number of carbonyl (C=O) groups is 1. The maximum atomic E-state index is 12.7. The van der Waals surface area contributed by atoms with Gasteiger partial charge in [0, 0.05) is 30.3 Å². The van der Waals surface area contributed by atoms with Crippen molar-refractivity contribution in [1.29, 1.82) is 0 Å². The van der Waals surface area contributed by atoms with Crippen molar-refractivity contribution in [1.82, 2.24) is 25.3 Å². The predicted molar refractivity (Wildman–Crippen MR) is 112 cm³/mol. The molecule has 1 aromatic carbocycles. The number of anilines is 1. The fraction of sp³-hybridized carbons (Fsp3) is 0.300. The molecule has 1 N–H and O–H groups in total. The van der Waals surface area contributed by atoms with Crippen molar-refractivity contribution in [3.05, 3.63) is 64.0 Å². The Balaban J connectivity index is 1.44. The van der Waals surface area contributed by atoms with Crippen LogP contribution in [0.15, 0.2) is 47.1 Å². The van der Waals surface area contributed by atoms with Crippen molar-refractivity contribution in [2.75, 3.05) is 31.2 Å². The average Bonchev–Trinajstić information content (AvgIpc) is 3.14. The van der Waals surface area contributed by atoms with Gasteiger partial charge in [-0.3, -0.25) is 4.79 Å². The zero-order chi connectivity index (χ0) is 20.2. The van der Waals surface area contributed by atoms with Crippen LogP contribution in [0.25, 0.3) is 5.69 Å². The van der Waals surface area contributed by atoms with Gasteiger partial charge in [0.2, 0.25) is 0 Å². The molecule has 8 nitrogen and oxygen atoms in total. The van der Waals surface area contributed by atoms with Crippen molar-refractivity contribution >= 4 is 27.7 Å². The molecule has 0 atom stereocenters. The summed E-state index contributed by atoms with van der Waals surface area (Å²) in [5, 5.41) is 11.1. The number of hydrogen-bond donors (Lipinski definition) is 1. The lowest BCUT2D eigenvalue weighted by atomic mass is 10.2. The summed E-state index contributed by atoms with van der Waals surface area (Å²) in [6, 6.07) is 11.6. The molecule has 150 valence electrons. The van der Waals surface area contributed by atoms with E-state index in [0.717, 1.165) is 34.6 Å². The second kappa shape index (κ2) is 8.71. The molecule has 29 heavy (non-hydrogen) atoms. The zero-order valence-corrected chi connectivity index (χ0v) is 17.6. The van der Waals surface area contributed by atoms with E-state index in [4.69, 9.17) is 4.74 Å². The first-order valence-corrected chi connectivity index (χ1v) is 10.1. The number of carbonyl (C=O) groups excluding carboxylic acids is 1. The minimum atomic E-state index is -0.256. The van der Waals surface area contributed by atoms with E-state index in [1.807, 2.05) is 43.3 Å². The first-order valence-electron chi connectivity index (χ1n) is 9.36. The molecule has 0 radical (unpaired) electrons. The van der Waals surface area contributed by atoms with E-state index in [1.54, 1.807) is 10.9 Å². The van der Waals surface area contributed by atoms with Crippen LogP contribution in [-0.2, 0) is 11.3 Å². The summed E-state index contributed by atoms with van der Waals surface area (Å²) in [4.78, 5) is 19.3. The average molecular weight is 457 g/mol. The second-order valence-corrected chi connectivity index (χ2v) is 7.64. The summed E-state index contributed by atoms with van der Waals surface area (Å²) in [5.41, 5.74) is 2.82. The van der Waals surface area contributed by atoms with E-state index in [-0.39, 0.29) is 5.91 Å². The highest BCUT2D eigenvalue weighted by atomic mass is 79.9. The standard InChI is InChI=1S/C20H21BrN6O2/c1-14-19(24-25-27(14)17-4-2-3-16(21)12-17)20(28)23-13-15-5-6-22-18(11-15)26-7-9-29-10-8-26/h2-6,11-12H,7-10,13H2,1H3,(H,23,28). The largest absolute Gasteiger partial charge is 0.378 e. The van der Waals surface area contributed by atoms with Gasteiger partial charge in [-0.1, -0.05) is 27.2 Å². The van der Waals surface area contributed by atoms with Gasteiger partial charge in [-0.15, -0.1) is 5.10 Å². The Morgan fingerprint density at radius 3 is 2.86 bits per heavy atom. The topological polar surface area (TPSA) is 85.2 Å². The highest BCUT2D eigenvalue weighted by molar-refractivity contribution is 9.10. The lowest BCUT2D eigenvalue weighted by Gasteiger charge is -2.28. The Bertz CT molecular complexity index is 1020. The van der Waals surface area contributed by atoms with Crippen LogP contribution in [0.4, 0.5) is 5.82 Å². The highest BCUT2D eigenvalue weighted by Gasteiger charge is 2.18. The monoisotopic (exact) mass is 456 g/mol. The summed E-state index contributed by atoms with van der Waals surface area (Å²) in [7, 11) is 0. The molecule has 0 bridgehead atoms. The van der Waals surface area contributed by atoms with Crippen LogP contribution in [0.3, 0.4) is 0 Å². The molecule has 0 spiro atoms. The Morgan fingerprint density at radius 1 is 1.24 bits per heavy atom. The fourth-order valence-corrected chi connectivity index (χ4v) is 3.58. The molecule has 1 aliphatic rings. The maximum Gasteiger partial charge on any atom is 0.274 e. The molecule has 0 aliphatic carbocycles. The summed E-state index contributed by atoms with van der Waals surface area (Å²) in [5.74, 6) is 0.644. The van der Waals surface area contributed by atoms with Crippen molar-refractivity contribution in [2.24, 2.45) is 0 Å². The van der Waals surface area contributed by atoms with Crippen LogP contribution in [0.2, 0.25) is 0 Å². The van der Waals surface area contributed by atoms with Gasteiger partial charge in [0.05, 0.1) is 24.6 Å². The van der Waals surface area contributed by atoms with E-state index < -0.39 is 0 Å².